The van der Waals surface area contributed by atoms with E-state index < -0.39 is 0 Å². The Bertz CT molecular complexity index is 6.85. The van der Waals surface area contributed by atoms with Crippen LogP contribution in [-0.4, -0.2) is 16.4 Å². The van der Waals surface area contributed by atoms with Crippen LogP contribution in [0.1, 0.15) is 0 Å². The van der Waals surface area contributed by atoms with Crippen molar-refractivity contribution in [2.45, 2.75) is 0 Å². The zero-order valence-electron chi connectivity index (χ0n) is 2.22. The molecule has 0 aromatic rings. The summed E-state index contributed by atoms with van der Waals surface area (Å²) in [5.74, 6) is 0. The first-order valence-corrected chi connectivity index (χ1v) is 0. The molecule has 40 valence electrons. The van der Waals surface area contributed by atoms with Gasteiger partial charge in [-0.3, -0.25) is 0 Å². The van der Waals surface area contributed by atoms with Crippen molar-refractivity contribution in [2.75, 3.05) is 0 Å². The first kappa shape index (κ1) is 109. The average molecular weight is 433 g/mol. The standard InChI is InChI=1S/3H2O.Pt.W/h3*1H2;;. The van der Waals surface area contributed by atoms with Crippen LogP contribution in [0.2, 0.25) is 0 Å². The summed E-state index contributed by atoms with van der Waals surface area (Å²) < 4.78 is 0. The van der Waals surface area contributed by atoms with Gasteiger partial charge in [0.25, 0.3) is 0 Å². The van der Waals surface area contributed by atoms with Crippen molar-refractivity contribution in [3.05, 3.63) is 0 Å². The molecule has 0 aliphatic carbocycles. The number of hydrogen-bond acceptors (Lipinski definition) is 0. The molecule has 5 heavy (non-hydrogen) atoms. The fourth-order valence-corrected chi connectivity index (χ4v) is 0. The predicted octanol–water partition coefficient (Wildman–Crippen LogP) is -2.48. The van der Waals surface area contributed by atoms with Crippen molar-refractivity contribution >= 4 is 0 Å². The fraction of sp³-hybridized carbons (Fsp3) is 0. The van der Waals surface area contributed by atoms with E-state index in [9.17, 15) is 0 Å². The molecule has 0 aliphatic heterocycles. The van der Waals surface area contributed by atoms with E-state index >= 15 is 0 Å². The molecule has 0 heterocycles. The second-order valence-electron chi connectivity index (χ2n) is 0. The Morgan fingerprint density at radius 1 is 0.600 bits per heavy atom. The summed E-state index contributed by atoms with van der Waals surface area (Å²) in [7, 11) is 0. The van der Waals surface area contributed by atoms with Gasteiger partial charge in [-0.15, -0.1) is 0 Å². The summed E-state index contributed by atoms with van der Waals surface area (Å²) in [6.45, 7) is 0. The maximum absolute atomic E-state index is 0. The zero-order valence-corrected chi connectivity index (χ0v) is 7.43. The maximum atomic E-state index is 0. The average Bonchev–Trinajstić information content (AvgIpc) is 0. The molecule has 0 fully saturated rings. The molecule has 0 bridgehead atoms. The molecule has 0 saturated heterocycles. The van der Waals surface area contributed by atoms with Crippen LogP contribution in [-0.2, 0) is 42.1 Å². The van der Waals surface area contributed by atoms with Crippen molar-refractivity contribution in [2.24, 2.45) is 0 Å². The van der Waals surface area contributed by atoms with Crippen LogP contribution in [0.4, 0.5) is 0 Å². The summed E-state index contributed by atoms with van der Waals surface area (Å²) in [6, 6.07) is 0. The van der Waals surface area contributed by atoms with E-state index in [4.69, 9.17) is 0 Å². The SMILES string of the molecule is O.O.O.[Pt].[W]. The van der Waals surface area contributed by atoms with Gasteiger partial charge in [-0.2, -0.15) is 0 Å². The maximum Gasteiger partial charge on any atom is 0 e. The summed E-state index contributed by atoms with van der Waals surface area (Å²) in [6.07, 6.45) is 0. The molecule has 0 aliphatic rings. The van der Waals surface area contributed by atoms with E-state index in [2.05, 4.69) is 0 Å². The van der Waals surface area contributed by atoms with Gasteiger partial charge in [0.15, 0.2) is 0 Å². The molecule has 0 radical (unpaired) electrons. The molecule has 0 rings (SSSR count). The summed E-state index contributed by atoms with van der Waals surface area (Å²) in [4.78, 5) is 0. The second kappa shape index (κ2) is 60.3. The zero-order chi connectivity index (χ0) is 0. The minimum Gasteiger partial charge on any atom is -0.412 e. The minimum atomic E-state index is 0. The van der Waals surface area contributed by atoms with Gasteiger partial charge in [0.05, 0.1) is 0 Å². The fourth-order valence-electron chi connectivity index (χ4n) is 0. The summed E-state index contributed by atoms with van der Waals surface area (Å²) in [5, 5.41) is 0. The van der Waals surface area contributed by atoms with Gasteiger partial charge in [0, 0.05) is 42.1 Å². The molecule has 0 saturated carbocycles. The normalized spacial score (nSPS) is 0. The monoisotopic (exact) mass is 433 g/mol. The number of rotatable bonds is 0. The summed E-state index contributed by atoms with van der Waals surface area (Å²) in [5.41, 5.74) is 0. The van der Waals surface area contributed by atoms with Gasteiger partial charge in [0.1, 0.15) is 0 Å². The van der Waals surface area contributed by atoms with Gasteiger partial charge in [-0.05, 0) is 0 Å². The third kappa shape index (κ3) is 35.3. The quantitative estimate of drug-likeness (QED) is 0.405. The van der Waals surface area contributed by atoms with Crippen molar-refractivity contribution in [1.82, 2.24) is 0 Å². The van der Waals surface area contributed by atoms with Crippen molar-refractivity contribution < 1.29 is 58.6 Å². The van der Waals surface area contributed by atoms with E-state index in [1.807, 2.05) is 0 Å². The van der Waals surface area contributed by atoms with Crippen LogP contribution < -0.4 is 0 Å². The predicted molar refractivity (Wildman–Crippen MR) is 10.8 cm³/mol. The molecule has 0 aromatic heterocycles. The Balaban J connectivity index is 0. The molecule has 0 unspecified atom stereocenters. The third-order valence-corrected chi connectivity index (χ3v) is 0. The van der Waals surface area contributed by atoms with E-state index in [0.717, 1.165) is 0 Å². The molecule has 0 atom stereocenters. The first-order valence-electron chi connectivity index (χ1n) is 0. The molecule has 5 heteroatoms. The van der Waals surface area contributed by atoms with E-state index in [1.165, 1.54) is 0 Å². The minimum absolute atomic E-state index is 0. The van der Waals surface area contributed by atoms with Gasteiger partial charge in [-0.25, -0.2) is 0 Å². The smallest absolute Gasteiger partial charge is 0 e. The van der Waals surface area contributed by atoms with Gasteiger partial charge >= 0.3 is 0 Å². The van der Waals surface area contributed by atoms with E-state index in [-0.39, 0.29) is 58.6 Å². The Labute approximate surface area is 58.6 Å². The van der Waals surface area contributed by atoms with Gasteiger partial charge in [0.2, 0.25) is 0 Å². The summed E-state index contributed by atoms with van der Waals surface area (Å²) >= 11 is 0. The molecule has 0 spiro atoms. The van der Waals surface area contributed by atoms with Gasteiger partial charge in [-0.1, -0.05) is 0 Å². The molecule has 0 amide bonds. The Kier molecular flexibility index (Phi) is 1320. The van der Waals surface area contributed by atoms with Crippen LogP contribution in [0.25, 0.3) is 0 Å². The largest absolute Gasteiger partial charge is 0.412 e. The molecular weight excluding hydrogens is 427 g/mol. The van der Waals surface area contributed by atoms with Crippen LogP contribution in [0, 0.1) is 0 Å². The molecule has 6 N–H and O–H groups in total. The second-order valence-corrected chi connectivity index (χ2v) is 0. The van der Waals surface area contributed by atoms with Crippen LogP contribution in [0.5, 0.6) is 0 Å². The topological polar surface area (TPSA) is 94.5 Å². The third-order valence-electron chi connectivity index (χ3n) is 0. The Morgan fingerprint density at radius 3 is 0.600 bits per heavy atom. The molecule has 3 nitrogen and oxygen atoms in total. The van der Waals surface area contributed by atoms with Crippen LogP contribution in [0.3, 0.4) is 0 Å². The van der Waals surface area contributed by atoms with Gasteiger partial charge < -0.3 is 16.4 Å². The van der Waals surface area contributed by atoms with E-state index in [0.29, 0.717) is 0 Å². The Hall–Kier alpha value is 1.26. The first-order chi connectivity index (χ1) is 0. The van der Waals surface area contributed by atoms with Crippen LogP contribution >= 0.6 is 0 Å². The van der Waals surface area contributed by atoms with Crippen molar-refractivity contribution in [3.63, 3.8) is 0 Å². The van der Waals surface area contributed by atoms with E-state index in [1.54, 1.807) is 0 Å². The van der Waals surface area contributed by atoms with Crippen molar-refractivity contribution in [1.29, 1.82) is 0 Å². The molecule has 0 aromatic carbocycles. The number of hydrogen-bond donors (Lipinski definition) is 0. The Morgan fingerprint density at radius 2 is 0.600 bits per heavy atom. The van der Waals surface area contributed by atoms with Crippen molar-refractivity contribution in [3.8, 4) is 0 Å². The van der Waals surface area contributed by atoms with Crippen LogP contribution in [0.15, 0.2) is 0 Å². The molecular formula is H6O3PtW.